The van der Waals surface area contributed by atoms with Gasteiger partial charge >= 0.3 is 5.97 Å². The number of rotatable bonds is 3. The molecule has 1 aromatic heterocycles. The highest BCUT2D eigenvalue weighted by atomic mass is 16.5. The van der Waals surface area contributed by atoms with Crippen LogP contribution in [0.4, 0.5) is 0 Å². The predicted molar refractivity (Wildman–Crippen MR) is 49.6 cm³/mol. The van der Waals surface area contributed by atoms with Crippen molar-refractivity contribution in [2.24, 2.45) is 0 Å². The molecule has 1 heterocycles. The van der Waals surface area contributed by atoms with Gasteiger partial charge in [-0.1, -0.05) is 0 Å². The van der Waals surface area contributed by atoms with E-state index >= 15 is 0 Å². The molecule has 76 valence electrons. The van der Waals surface area contributed by atoms with Crippen LogP contribution in [-0.2, 0) is 0 Å². The lowest BCUT2D eigenvalue weighted by Crippen LogP contribution is -2.07. The Balaban J connectivity index is 2.40. The highest BCUT2D eigenvalue weighted by molar-refractivity contribution is 5.89. The van der Waals surface area contributed by atoms with Crippen molar-refractivity contribution in [2.45, 2.75) is 18.9 Å². The van der Waals surface area contributed by atoms with Gasteiger partial charge in [0.1, 0.15) is 17.4 Å². The standard InChI is InChI=1S/C10H8N2O3/c11-5-7-8(15-6-1-2-6)3-4-12-9(7)10(13)14/h3-4,6H,1-2H2,(H,13,14). The fourth-order valence-electron chi connectivity index (χ4n) is 1.18. The predicted octanol–water partition coefficient (Wildman–Crippen LogP) is 1.19. The van der Waals surface area contributed by atoms with E-state index in [1.807, 2.05) is 6.07 Å². The van der Waals surface area contributed by atoms with Crippen molar-refractivity contribution in [3.63, 3.8) is 0 Å². The quantitative estimate of drug-likeness (QED) is 0.799. The SMILES string of the molecule is N#Cc1c(OC2CC2)ccnc1C(=O)O. The summed E-state index contributed by atoms with van der Waals surface area (Å²) in [5.41, 5.74) is -0.257. The van der Waals surface area contributed by atoms with E-state index in [1.54, 1.807) is 0 Å². The molecule has 0 amide bonds. The molecule has 5 nitrogen and oxygen atoms in total. The Kier molecular flexibility index (Phi) is 2.26. The topological polar surface area (TPSA) is 83.2 Å². The van der Waals surface area contributed by atoms with Crippen LogP contribution in [0, 0.1) is 11.3 Å². The van der Waals surface area contributed by atoms with Crippen molar-refractivity contribution in [1.29, 1.82) is 5.26 Å². The zero-order valence-electron chi connectivity index (χ0n) is 7.80. The first kappa shape index (κ1) is 9.46. The summed E-state index contributed by atoms with van der Waals surface area (Å²) < 4.78 is 5.41. The van der Waals surface area contributed by atoms with Crippen LogP contribution in [-0.4, -0.2) is 22.2 Å². The van der Waals surface area contributed by atoms with Gasteiger partial charge in [-0.05, 0) is 18.9 Å². The number of nitriles is 1. The normalized spacial score (nSPS) is 14.3. The van der Waals surface area contributed by atoms with Gasteiger partial charge in [0.25, 0.3) is 0 Å². The molecule has 1 aromatic rings. The molecule has 0 unspecified atom stereocenters. The van der Waals surface area contributed by atoms with Gasteiger partial charge in [-0.25, -0.2) is 9.78 Å². The Bertz CT molecular complexity index is 446. The van der Waals surface area contributed by atoms with Gasteiger partial charge in [0.2, 0.25) is 0 Å². The Hall–Kier alpha value is -2.09. The lowest BCUT2D eigenvalue weighted by atomic mass is 10.2. The summed E-state index contributed by atoms with van der Waals surface area (Å²) in [6.07, 6.45) is 3.37. The molecule has 0 spiro atoms. The summed E-state index contributed by atoms with van der Waals surface area (Å²) in [6, 6.07) is 3.33. The molecule has 0 radical (unpaired) electrons. The maximum Gasteiger partial charge on any atom is 0.356 e. The van der Waals surface area contributed by atoms with E-state index < -0.39 is 5.97 Å². The molecule has 1 N–H and O–H groups in total. The third-order valence-electron chi connectivity index (χ3n) is 2.05. The van der Waals surface area contributed by atoms with Crippen molar-refractivity contribution < 1.29 is 14.6 Å². The molecule has 0 aliphatic heterocycles. The molecule has 0 bridgehead atoms. The van der Waals surface area contributed by atoms with Crippen LogP contribution in [0.1, 0.15) is 28.9 Å². The number of pyridine rings is 1. The zero-order chi connectivity index (χ0) is 10.8. The van der Waals surface area contributed by atoms with Gasteiger partial charge in [-0.2, -0.15) is 5.26 Å². The summed E-state index contributed by atoms with van der Waals surface area (Å²) >= 11 is 0. The van der Waals surface area contributed by atoms with Crippen LogP contribution in [0.15, 0.2) is 12.3 Å². The van der Waals surface area contributed by atoms with Crippen LogP contribution in [0.2, 0.25) is 0 Å². The van der Waals surface area contributed by atoms with E-state index in [4.69, 9.17) is 15.1 Å². The molecule has 1 fully saturated rings. The molecule has 0 atom stereocenters. The van der Waals surface area contributed by atoms with Gasteiger partial charge in [0, 0.05) is 6.20 Å². The Morgan fingerprint density at radius 3 is 2.93 bits per heavy atom. The van der Waals surface area contributed by atoms with Gasteiger partial charge < -0.3 is 9.84 Å². The first-order chi connectivity index (χ1) is 7.22. The molecule has 5 heteroatoms. The summed E-state index contributed by atoms with van der Waals surface area (Å²) in [7, 11) is 0. The van der Waals surface area contributed by atoms with E-state index in [0.717, 1.165) is 12.8 Å². The fourth-order valence-corrected chi connectivity index (χ4v) is 1.18. The molecular formula is C10H8N2O3. The van der Waals surface area contributed by atoms with Crippen molar-refractivity contribution in [3.05, 3.63) is 23.5 Å². The Morgan fingerprint density at radius 2 is 2.40 bits per heavy atom. The molecule has 15 heavy (non-hydrogen) atoms. The maximum absolute atomic E-state index is 10.8. The van der Waals surface area contributed by atoms with Crippen LogP contribution in [0.5, 0.6) is 5.75 Å². The summed E-state index contributed by atoms with van der Waals surface area (Å²) in [6.45, 7) is 0. The lowest BCUT2D eigenvalue weighted by Gasteiger charge is -2.06. The Morgan fingerprint density at radius 1 is 1.67 bits per heavy atom. The summed E-state index contributed by atoms with van der Waals surface area (Å²) in [5, 5.41) is 17.6. The van der Waals surface area contributed by atoms with Crippen LogP contribution < -0.4 is 4.74 Å². The highest BCUT2D eigenvalue weighted by Gasteiger charge is 2.26. The molecule has 1 aliphatic carbocycles. The van der Waals surface area contributed by atoms with Crippen molar-refractivity contribution in [3.8, 4) is 11.8 Å². The van der Waals surface area contributed by atoms with Crippen LogP contribution in [0.25, 0.3) is 0 Å². The van der Waals surface area contributed by atoms with Crippen molar-refractivity contribution in [2.75, 3.05) is 0 Å². The number of nitrogens with zero attached hydrogens (tertiary/aromatic N) is 2. The maximum atomic E-state index is 10.8. The number of hydrogen-bond donors (Lipinski definition) is 1. The van der Waals surface area contributed by atoms with Gasteiger partial charge in [0.05, 0.1) is 6.10 Å². The monoisotopic (exact) mass is 204 g/mol. The van der Waals surface area contributed by atoms with E-state index in [1.165, 1.54) is 12.3 Å². The molecule has 2 rings (SSSR count). The molecule has 0 saturated heterocycles. The second-order valence-corrected chi connectivity index (χ2v) is 3.27. The van der Waals surface area contributed by atoms with E-state index in [0.29, 0.717) is 5.75 Å². The van der Waals surface area contributed by atoms with E-state index in [-0.39, 0.29) is 17.4 Å². The van der Waals surface area contributed by atoms with Crippen molar-refractivity contribution in [1.82, 2.24) is 4.98 Å². The third kappa shape index (κ3) is 1.89. The minimum atomic E-state index is -1.22. The number of aromatic carboxylic acids is 1. The second kappa shape index (κ2) is 3.58. The number of aromatic nitrogens is 1. The Labute approximate surface area is 85.9 Å². The van der Waals surface area contributed by atoms with E-state index in [9.17, 15) is 4.79 Å². The van der Waals surface area contributed by atoms with Gasteiger partial charge in [0.15, 0.2) is 5.69 Å². The largest absolute Gasteiger partial charge is 0.489 e. The number of carboxylic acids is 1. The number of hydrogen-bond acceptors (Lipinski definition) is 4. The van der Waals surface area contributed by atoms with E-state index in [2.05, 4.69) is 4.98 Å². The van der Waals surface area contributed by atoms with Gasteiger partial charge in [-0.3, -0.25) is 0 Å². The lowest BCUT2D eigenvalue weighted by molar-refractivity contribution is 0.0689. The smallest absolute Gasteiger partial charge is 0.356 e. The third-order valence-corrected chi connectivity index (χ3v) is 2.05. The average molecular weight is 204 g/mol. The summed E-state index contributed by atoms with van der Waals surface area (Å²) in [5.74, 6) is -0.903. The minimum absolute atomic E-state index is 0.00287. The summed E-state index contributed by atoms with van der Waals surface area (Å²) in [4.78, 5) is 14.4. The minimum Gasteiger partial charge on any atom is -0.489 e. The molecular weight excluding hydrogens is 196 g/mol. The fraction of sp³-hybridized carbons (Fsp3) is 0.300. The molecule has 1 aliphatic rings. The highest BCUT2D eigenvalue weighted by Crippen LogP contribution is 2.29. The van der Waals surface area contributed by atoms with Crippen molar-refractivity contribution >= 4 is 5.97 Å². The average Bonchev–Trinajstić information content (AvgIpc) is 3.01. The van der Waals surface area contributed by atoms with Gasteiger partial charge in [-0.15, -0.1) is 0 Å². The molecule has 1 saturated carbocycles. The number of carbonyl (C=O) groups is 1. The van der Waals surface area contributed by atoms with Crippen LogP contribution >= 0.6 is 0 Å². The second-order valence-electron chi connectivity index (χ2n) is 3.27. The molecule has 0 aromatic carbocycles. The first-order valence-corrected chi connectivity index (χ1v) is 4.51. The number of ether oxygens (including phenoxy) is 1. The number of carboxylic acid groups (broad SMARTS) is 1. The first-order valence-electron chi connectivity index (χ1n) is 4.51. The zero-order valence-corrected chi connectivity index (χ0v) is 7.80. The van der Waals surface area contributed by atoms with Crippen LogP contribution in [0.3, 0.4) is 0 Å².